The number of nitrogens with one attached hydrogen (secondary N) is 1. The van der Waals surface area contributed by atoms with Gasteiger partial charge >= 0.3 is 5.56 Å². The van der Waals surface area contributed by atoms with Crippen LogP contribution in [0.15, 0.2) is 22.3 Å². The Morgan fingerprint density at radius 2 is 2.38 bits per heavy atom. The lowest BCUT2D eigenvalue weighted by Gasteiger charge is -1.90. The number of aromatic amines is 1. The Kier molecular flexibility index (Phi) is 1.81. The summed E-state index contributed by atoms with van der Waals surface area (Å²) in [6.45, 7) is 0. The maximum atomic E-state index is 13.2. The van der Waals surface area contributed by atoms with E-state index in [1.165, 1.54) is 18.4 Å². The first kappa shape index (κ1) is 8.25. The van der Waals surface area contributed by atoms with Gasteiger partial charge in [-0.05, 0) is 11.4 Å². The first-order valence-corrected chi connectivity index (χ1v) is 4.56. The number of halogens is 1. The van der Waals surface area contributed by atoms with Gasteiger partial charge in [0.15, 0.2) is 0 Å². The molecular formula is C8H7FN2OS. The number of aromatic nitrogens is 2. The molecule has 0 radical (unpaired) electrons. The zero-order valence-electron chi connectivity index (χ0n) is 6.87. The molecule has 2 aromatic rings. The number of H-pyrrole nitrogens is 1. The summed E-state index contributed by atoms with van der Waals surface area (Å²) < 4.78 is 14.4. The fourth-order valence-corrected chi connectivity index (χ4v) is 1.82. The van der Waals surface area contributed by atoms with Crippen molar-refractivity contribution in [1.29, 1.82) is 0 Å². The molecule has 0 saturated carbocycles. The molecule has 0 amide bonds. The van der Waals surface area contributed by atoms with Gasteiger partial charge in [0.2, 0.25) is 5.82 Å². The molecular weight excluding hydrogens is 191 g/mol. The maximum Gasteiger partial charge on any atom is 0.302 e. The predicted octanol–water partition coefficient (Wildman–Crippen LogP) is 1.58. The summed E-state index contributed by atoms with van der Waals surface area (Å²) in [7, 11) is 1.49. The summed E-state index contributed by atoms with van der Waals surface area (Å²) >= 11 is 1.39. The van der Waals surface area contributed by atoms with Crippen molar-refractivity contribution in [1.82, 2.24) is 9.78 Å². The molecule has 0 bridgehead atoms. The van der Waals surface area contributed by atoms with Crippen LogP contribution in [0.4, 0.5) is 4.39 Å². The summed E-state index contributed by atoms with van der Waals surface area (Å²) in [6, 6.07) is 3.57. The number of nitrogens with zero attached hydrogens (tertiary/aromatic N) is 1. The third-order valence-electron chi connectivity index (χ3n) is 1.76. The van der Waals surface area contributed by atoms with E-state index in [1.54, 1.807) is 6.07 Å². The van der Waals surface area contributed by atoms with Crippen molar-refractivity contribution in [2.75, 3.05) is 0 Å². The van der Waals surface area contributed by atoms with Gasteiger partial charge in [0.1, 0.15) is 5.69 Å². The van der Waals surface area contributed by atoms with Gasteiger partial charge in [0.05, 0.1) is 4.88 Å². The van der Waals surface area contributed by atoms with Gasteiger partial charge in [0, 0.05) is 7.05 Å². The van der Waals surface area contributed by atoms with Crippen LogP contribution in [-0.2, 0) is 7.05 Å². The molecule has 0 spiro atoms. The number of hydrogen-bond donors (Lipinski definition) is 1. The second-order valence-corrected chi connectivity index (χ2v) is 3.59. The number of thiophene rings is 1. The normalized spacial score (nSPS) is 10.6. The van der Waals surface area contributed by atoms with Gasteiger partial charge < -0.3 is 0 Å². The summed E-state index contributed by atoms with van der Waals surface area (Å²) in [5.41, 5.74) is -0.356. The van der Waals surface area contributed by atoms with Crippen LogP contribution in [-0.4, -0.2) is 9.78 Å². The first-order valence-electron chi connectivity index (χ1n) is 3.68. The van der Waals surface area contributed by atoms with E-state index >= 15 is 0 Å². The highest BCUT2D eigenvalue weighted by Crippen LogP contribution is 2.23. The molecule has 3 nitrogen and oxygen atoms in total. The lowest BCUT2D eigenvalue weighted by atomic mass is 10.3. The van der Waals surface area contributed by atoms with E-state index in [0.29, 0.717) is 0 Å². The SMILES string of the molecule is Cn1[nH]c(-c2cccs2)c(F)c1=O. The molecule has 68 valence electrons. The molecule has 0 fully saturated rings. The smallest absolute Gasteiger partial charge is 0.291 e. The van der Waals surface area contributed by atoms with Gasteiger partial charge in [-0.3, -0.25) is 14.6 Å². The van der Waals surface area contributed by atoms with Crippen molar-refractivity contribution in [2.45, 2.75) is 0 Å². The van der Waals surface area contributed by atoms with Gasteiger partial charge in [-0.1, -0.05) is 6.07 Å². The second kappa shape index (κ2) is 2.85. The standard InChI is InChI=1S/C8H7FN2OS/c1-11-8(12)6(9)7(10-11)5-3-2-4-13-5/h2-4,10H,1H3. The van der Waals surface area contributed by atoms with Crippen molar-refractivity contribution < 1.29 is 4.39 Å². The lowest BCUT2D eigenvalue weighted by Crippen LogP contribution is -2.13. The Labute approximate surface area is 77.4 Å². The van der Waals surface area contributed by atoms with Crippen molar-refractivity contribution in [3.05, 3.63) is 33.7 Å². The molecule has 1 N–H and O–H groups in total. The first-order chi connectivity index (χ1) is 6.20. The van der Waals surface area contributed by atoms with Crippen molar-refractivity contribution in [2.24, 2.45) is 7.05 Å². The number of hydrogen-bond acceptors (Lipinski definition) is 2. The fraction of sp³-hybridized carbons (Fsp3) is 0.125. The minimum atomic E-state index is -0.718. The lowest BCUT2D eigenvalue weighted by molar-refractivity contribution is 0.611. The summed E-state index contributed by atoms with van der Waals surface area (Å²) in [5.74, 6) is -0.718. The van der Waals surface area contributed by atoms with E-state index in [-0.39, 0.29) is 5.69 Å². The topological polar surface area (TPSA) is 37.8 Å². The third kappa shape index (κ3) is 1.21. The molecule has 13 heavy (non-hydrogen) atoms. The van der Waals surface area contributed by atoms with Crippen LogP contribution in [0, 0.1) is 5.82 Å². The van der Waals surface area contributed by atoms with E-state index in [0.717, 1.165) is 9.56 Å². The molecule has 2 heterocycles. The summed E-state index contributed by atoms with van der Waals surface area (Å²) in [4.78, 5) is 11.8. The minimum absolute atomic E-state index is 0.266. The van der Waals surface area contributed by atoms with Crippen LogP contribution < -0.4 is 5.56 Å². The minimum Gasteiger partial charge on any atom is -0.291 e. The molecule has 0 aliphatic heterocycles. The average Bonchev–Trinajstić information content (AvgIpc) is 2.70. The van der Waals surface area contributed by atoms with E-state index in [1.807, 2.05) is 11.4 Å². The van der Waals surface area contributed by atoms with Crippen molar-refractivity contribution in [3.63, 3.8) is 0 Å². The van der Waals surface area contributed by atoms with Crippen LogP contribution in [0.3, 0.4) is 0 Å². The van der Waals surface area contributed by atoms with E-state index in [2.05, 4.69) is 5.10 Å². The molecule has 0 atom stereocenters. The highest BCUT2D eigenvalue weighted by molar-refractivity contribution is 7.13. The fourth-order valence-electron chi connectivity index (χ4n) is 1.11. The van der Waals surface area contributed by atoms with Crippen LogP contribution >= 0.6 is 11.3 Å². The zero-order chi connectivity index (χ0) is 9.42. The Morgan fingerprint density at radius 3 is 2.85 bits per heavy atom. The second-order valence-electron chi connectivity index (χ2n) is 2.64. The van der Waals surface area contributed by atoms with Crippen LogP contribution in [0.1, 0.15) is 0 Å². The Morgan fingerprint density at radius 1 is 1.62 bits per heavy atom. The van der Waals surface area contributed by atoms with Gasteiger partial charge in [-0.2, -0.15) is 4.39 Å². The third-order valence-corrected chi connectivity index (χ3v) is 2.65. The van der Waals surface area contributed by atoms with E-state index in [4.69, 9.17) is 0 Å². The molecule has 0 unspecified atom stereocenters. The molecule has 2 rings (SSSR count). The maximum absolute atomic E-state index is 13.2. The number of rotatable bonds is 1. The summed E-state index contributed by atoms with van der Waals surface area (Å²) in [5, 5.41) is 4.49. The quantitative estimate of drug-likeness (QED) is 0.742. The number of aryl methyl sites for hydroxylation is 1. The van der Waals surface area contributed by atoms with E-state index in [9.17, 15) is 9.18 Å². The molecule has 0 aliphatic carbocycles. The Balaban J connectivity index is 2.66. The largest absolute Gasteiger partial charge is 0.302 e. The Hall–Kier alpha value is -1.36. The highest BCUT2D eigenvalue weighted by atomic mass is 32.1. The van der Waals surface area contributed by atoms with Gasteiger partial charge in [-0.25, -0.2) is 0 Å². The molecule has 2 aromatic heterocycles. The predicted molar refractivity (Wildman–Crippen MR) is 49.3 cm³/mol. The van der Waals surface area contributed by atoms with Crippen molar-refractivity contribution in [3.8, 4) is 10.6 Å². The molecule has 5 heteroatoms. The average molecular weight is 198 g/mol. The molecule has 0 aliphatic rings. The van der Waals surface area contributed by atoms with Crippen LogP contribution in [0.5, 0.6) is 0 Å². The monoisotopic (exact) mass is 198 g/mol. The molecule has 0 saturated heterocycles. The Bertz CT molecular complexity index is 469. The van der Waals surface area contributed by atoms with Crippen molar-refractivity contribution >= 4 is 11.3 Å². The molecule has 0 aromatic carbocycles. The van der Waals surface area contributed by atoms with Gasteiger partial charge in [-0.15, -0.1) is 11.3 Å². The highest BCUT2D eigenvalue weighted by Gasteiger charge is 2.13. The van der Waals surface area contributed by atoms with Crippen LogP contribution in [0.2, 0.25) is 0 Å². The van der Waals surface area contributed by atoms with E-state index < -0.39 is 11.4 Å². The van der Waals surface area contributed by atoms with Crippen LogP contribution in [0.25, 0.3) is 10.6 Å². The van der Waals surface area contributed by atoms with Gasteiger partial charge in [0.25, 0.3) is 0 Å². The summed E-state index contributed by atoms with van der Waals surface area (Å²) in [6.07, 6.45) is 0. The zero-order valence-corrected chi connectivity index (χ0v) is 7.69.